The average Bonchev–Trinajstić information content (AvgIpc) is 2.26. The molecule has 0 aliphatic carbocycles. The molecule has 0 aromatic carbocycles. The third-order valence-corrected chi connectivity index (χ3v) is 4.27. The minimum Gasteiger partial charge on any atom is -0.369 e. The van der Waals surface area contributed by atoms with E-state index in [2.05, 4.69) is 23.5 Å². The summed E-state index contributed by atoms with van der Waals surface area (Å²) in [6.07, 6.45) is 4.84. The Hall–Kier alpha value is -0.750. The molecule has 0 saturated heterocycles. The normalized spacial score (nSPS) is 13.4. The van der Waals surface area contributed by atoms with Crippen LogP contribution in [0.2, 0.25) is 0 Å². The smallest absolute Gasteiger partial charge is 0.179 e. The molecule has 1 atom stereocenters. The number of pyridine rings is 1. The molecule has 0 spiro atoms. The highest BCUT2D eigenvalue weighted by Gasteiger charge is 2.14. The Balaban J connectivity index is 2.78. The Kier molecular flexibility index (Phi) is 5.27. The van der Waals surface area contributed by atoms with Crippen molar-refractivity contribution >= 4 is 27.4 Å². The van der Waals surface area contributed by atoms with Crippen molar-refractivity contribution in [3.8, 4) is 0 Å². The Morgan fingerprint density at radius 1 is 1.53 bits per heavy atom. The highest BCUT2D eigenvalue weighted by atomic mass is 32.2. The first-order valence-electron chi connectivity index (χ1n) is 5.33. The second-order valence-corrected chi connectivity index (χ2v) is 6.96. The molecule has 0 aliphatic heterocycles. The van der Waals surface area contributed by atoms with Gasteiger partial charge in [-0.2, -0.15) is 11.8 Å². The number of sulfone groups is 1. The van der Waals surface area contributed by atoms with Gasteiger partial charge >= 0.3 is 0 Å². The monoisotopic (exact) mass is 274 g/mol. The maximum absolute atomic E-state index is 11.5. The van der Waals surface area contributed by atoms with E-state index in [1.54, 1.807) is 30.1 Å². The van der Waals surface area contributed by atoms with Crippen molar-refractivity contribution in [2.24, 2.45) is 5.92 Å². The van der Waals surface area contributed by atoms with Crippen molar-refractivity contribution in [3.05, 3.63) is 18.3 Å². The summed E-state index contributed by atoms with van der Waals surface area (Å²) in [4.78, 5) is 4.34. The molecule has 96 valence electrons. The van der Waals surface area contributed by atoms with Gasteiger partial charge in [-0.3, -0.25) is 0 Å². The zero-order valence-electron chi connectivity index (χ0n) is 10.3. The van der Waals surface area contributed by atoms with Crippen LogP contribution in [-0.4, -0.2) is 38.2 Å². The molecule has 6 heteroatoms. The van der Waals surface area contributed by atoms with Crippen LogP contribution in [0.15, 0.2) is 23.2 Å². The fraction of sp³-hybridized carbons (Fsp3) is 0.545. The largest absolute Gasteiger partial charge is 0.369 e. The van der Waals surface area contributed by atoms with E-state index in [0.29, 0.717) is 11.7 Å². The first-order chi connectivity index (χ1) is 7.95. The quantitative estimate of drug-likeness (QED) is 0.858. The van der Waals surface area contributed by atoms with E-state index in [9.17, 15) is 8.42 Å². The van der Waals surface area contributed by atoms with E-state index in [1.807, 2.05) is 0 Å². The van der Waals surface area contributed by atoms with Gasteiger partial charge in [-0.25, -0.2) is 13.4 Å². The maximum Gasteiger partial charge on any atom is 0.179 e. The Morgan fingerprint density at radius 2 is 2.24 bits per heavy atom. The van der Waals surface area contributed by atoms with Gasteiger partial charge in [-0.15, -0.1) is 0 Å². The summed E-state index contributed by atoms with van der Waals surface area (Å²) < 4.78 is 23.1. The highest BCUT2D eigenvalue weighted by Crippen LogP contribution is 2.18. The second kappa shape index (κ2) is 6.26. The van der Waals surface area contributed by atoms with Crippen LogP contribution < -0.4 is 5.32 Å². The third-order valence-electron chi connectivity index (χ3n) is 2.24. The first-order valence-corrected chi connectivity index (χ1v) is 8.61. The van der Waals surface area contributed by atoms with Crippen molar-refractivity contribution in [2.45, 2.75) is 11.8 Å². The minimum atomic E-state index is -3.22. The van der Waals surface area contributed by atoms with Crippen LogP contribution in [0.1, 0.15) is 6.92 Å². The van der Waals surface area contributed by atoms with Gasteiger partial charge in [-0.1, -0.05) is 6.92 Å². The average molecular weight is 274 g/mol. The van der Waals surface area contributed by atoms with Crippen LogP contribution in [0.4, 0.5) is 5.82 Å². The van der Waals surface area contributed by atoms with Gasteiger partial charge in [-0.05, 0) is 30.1 Å². The van der Waals surface area contributed by atoms with E-state index >= 15 is 0 Å². The number of anilines is 1. The summed E-state index contributed by atoms with van der Waals surface area (Å²) in [6, 6.07) is 3.21. The molecule has 1 rings (SSSR count). The third kappa shape index (κ3) is 4.55. The molecule has 1 aromatic rings. The SMILES string of the molecule is CSCC(C)CNc1ncccc1S(C)(=O)=O. The summed E-state index contributed by atoms with van der Waals surface area (Å²) in [5, 5.41) is 3.10. The number of nitrogens with one attached hydrogen (secondary N) is 1. The molecule has 0 fully saturated rings. The topological polar surface area (TPSA) is 59.1 Å². The van der Waals surface area contributed by atoms with Crippen molar-refractivity contribution in [1.29, 1.82) is 0 Å². The zero-order valence-corrected chi connectivity index (χ0v) is 11.9. The lowest BCUT2D eigenvalue weighted by molar-refractivity contribution is 0.601. The summed E-state index contributed by atoms with van der Waals surface area (Å²) in [7, 11) is -3.22. The summed E-state index contributed by atoms with van der Waals surface area (Å²) in [5.41, 5.74) is 0. The van der Waals surface area contributed by atoms with E-state index in [0.717, 1.165) is 12.3 Å². The number of thioether (sulfide) groups is 1. The molecule has 1 N–H and O–H groups in total. The van der Waals surface area contributed by atoms with Crippen LogP contribution in [0.5, 0.6) is 0 Å². The number of hydrogen-bond acceptors (Lipinski definition) is 5. The predicted molar refractivity (Wildman–Crippen MR) is 73.4 cm³/mol. The van der Waals surface area contributed by atoms with E-state index in [-0.39, 0.29) is 4.90 Å². The fourth-order valence-electron chi connectivity index (χ4n) is 1.44. The molecule has 0 bridgehead atoms. The molecule has 0 amide bonds. The standard InChI is InChI=1S/C11H18N2O2S2/c1-9(8-16-2)7-13-11-10(17(3,14)15)5-4-6-12-11/h4-6,9H,7-8H2,1-3H3,(H,12,13). The molecule has 4 nitrogen and oxygen atoms in total. The summed E-state index contributed by atoms with van der Waals surface area (Å²) in [5.74, 6) is 1.95. The molecule has 1 heterocycles. The lowest BCUT2D eigenvalue weighted by Gasteiger charge is -2.13. The van der Waals surface area contributed by atoms with Crippen LogP contribution in [0, 0.1) is 5.92 Å². The molecule has 1 unspecified atom stereocenters. The maximum atomic E-state index is 11.5. The number of rotatable bonds is 6. The first kappa shape index (κ1) is 14.3. The summed E-state index contributed by atoms with van der Waals surface area (Å²) >= 11 is 1.78. The minimum absolute atomic E-state index is 0.261. The predicted octanol–water partition coefficient (Wildman–Crippen LogP) is 1.90. The highest BCUT2D eigenvalue weighted by molar-refractivity contribution is 7.98. The molecule has 1 aromatic heterocycles. The Morgan fingerprint density at radius 3 is 2.82 bits per heavy atom. The van der Waals surface area contributed by atoms with Gasteiger partial charge in [0.05, 0.1) is 0 Å². The van der Waals surface area contributed by atoms with E-state index in [1.165, 1.54) is 6.26 Å². The van der Waals surface area contributed by atoms with Crippen LogP contribution >= 0.6 is 11.8 Å². The lowest BCUT2D eigenvalue weighted by atomic mass is 10.2. The zero-order chi connectivity index (χ0) is 12.9. The van der Waals surface area contributed by atoms with Crippen LogP contribution in [0.3, 0.4) is 0 Å². The van der Waals surface area contributed by atoms with E-state index < -0.39 is 9.84 Å². The molecule has 0 saturated carbocycles. The fourth-order valence-corrected chi connectivity index (χ4v) is 2.93. The van der Waals surface area contributed by atoms with Gasteiger partial charge < -0.3 is 5.32 Å². The van der Waals surface area contributed by atoms with Crippen molar-refractivity contribution in [2.75, 3.05) is 30.1 Å². The van der Waals surface area contributed by atoms with Gasteiger partial charge in [0, 0.05) is 19.0 Å². The van der Waals surface area contributed by atoms with Crippen LogP contribution in [0.25, 0.3) is 0 Å². The van der Waals surface area contributed by atoms with Gasteiger partial charge in [0.25, 0.3) is 0 Å². The molecule has 0 aliphatic rings. The van der Waals surface area contributed by atoms with Gasteiger partial charge in [0.2, 0.25) is 0 Å². The number of nitrogens with zero attached hydrogens (tertiary/aromatic N) is 1. The second-order valence-electron chi connectivity index (χ2n) is 4.06. The van der Waals surface area contributed by atoms with Gasteiger partial charge in [0.15, 0.2) is 9.84 Å². The lowest BCUT2D eigenvalue weighted by Crippen LogP contribution is -2.16. The molecule has 0 radical (unpaired) electrons. The van der Waals surface area contributed by atoms with Gasteiger partial charge in [0.1, 0.15) is 10.7 Å². The van der Waals surface area contributed by atoms with Crippen molar-refractivity contribution < 1.29 is 8.42 Å². The van der Waals surface area contributed by atoms with Crippen molar-refractivity contribution in [3.63, 3.8) is 0 Å². The van der Waals surface area contributed by atoms with Crippen molar-refractivity contribution in [1.82, 2.24) is 4.98 Å². The Labute approximate surface area is 107 Å². The van der Waals surface area contributed by atoms with Crippen LogP contribution in [-0.2, 0) is 9.84 Å². The number of aromatic nitrogens is 1. The van der Waals surface area contributed by atoms with E-state index in [4.69, 9.17) is 0 Å². The molecule has 17 heavy (non-hydrogen) atoms. The summed E-state index contributed by atoms with van der Waals surface area (Å²) in [6.45, 7) is 2.84. The Bertz CT molecular complexity index is 460. The number of hydrogen-bond donors (Lipinski definition) is 1. The molecular formula is C11H18N2O2S2. The molecular weight excluding hydrogens is 256 g/mol.